The van der Waals surface area contributed by atoms with Crippen LogP contribution in [0.15, 0.2) is 18.2 Å². The quantitative estimate of drug-likeness (QED) is 0.291. The fraction of sp³-hybridized carbons (Fsp3) is 0.667. The van der Waals surface area contributed by atoms with E-state index in [0.29, 0.717) is 6.61 Å². The summed E-state index contributed by atoms with van der Waals surface area (Å²) in [5.74, 6) is -0.207. The Morgan fingerprint density at radius 3 is 2.13 bits per heavy atom. The molecule has 0 saturated carbocycles. The van der Waals surface area contributed by atoms with Gasteiger partial charge in [0, 0.05) is 0 Å². The highest BCUT2D eigenvalue weighted by Gasteiger charge is 2.20. The number of phenols is 1. The number of nitro groups is 1. The lowest BCUT2D eigenvalue weighted by molar-refractivity contribution is -0.386. The molecule has 0 saturated heterocycles. The zero-order chi connectivity index (χ0) is 16.9. The van der Waals surface area contributed by atoms with Crippen LogP contribution in [0.2, 0.25) is 0 Å². The minimum atomic E-state index is -0.608. The Bertz CT molecular complexity index is 462. The molecular weight excluding hydrogens is 294 g/mol. The SMILES string of the molecule is CCCCCCCCCCCCOc1cccc(O)c1[N+](=O)[O-]. The minimum absolute atomic E-state index is 0.144. The number of phenolic OH excluding ortho intramolecular Hbond substituents is 1. The molecule has 5 nitrogen and oxygen atoms in total. The van der Waals surface area contributed by atoms with Crippen molar-refractivity contribution in [3.8, 4) is 11.5 Å². The molecule has 5 heteroatoms. The fourth-order valence-corrected chi connectivity index (χ4v) is 2.58. The Kier molecular flexibility index (Phi) is 9.84. The van der Waals surface area contributed by atoms with E-state index in [0.717, 1.165) is 12.8 Å². The maximum absolute atomic E-state index is 10.9. The van der Waals surface area contributed by atoms with Crippen molar-refractivity contribution < 1.29 is 14.8 Å². The van der Waals surface area contributed by atoms with Gasteiger partial charge in [0.2, 0.25) is 5.75 Å². The van der Waals surface area contributed by atoms with Gasteiger partial charge in [0.1, 0.15) is 0 Å². The highest BCUT2D eigenvalue weighted by molar-refractivity contribution is 5.56. The number of nitro benzene ring substituents is 1. The predicted molar refractivity (Wildman–Crippen MR) is 92.1 cm³/mol. The normalized spacial score (nSPS) is 10.7. The molecule has 0 aromatic heterocycles. The summed E-state index contributed by atoms with van der Waals surface area (Å²) in [6.07, 6.45) is 12.3. The smallest absolute Gasteiger partial charge is 0.352 e. The van der Waals surface area contributed by atoms with Crippen LogP contribution in [0.3, 0.4) is 0 Å². The Balaban J connectivity index is 2.10. The summed E-state index contributed by atoms with van der Waals surface area (Å²) in [6, 6.07) is 4.37. The van der Waals surface area contributed by atoms with Crippen molar-refractivity contribution in [1.29, 1.82) is 0 Å². The van der Waals surface area contributed by atoms with Crippen LogP contribution in [-0.2, 0) is 0 Å². The fourth-order valence-electron chi connectivity index (χ4n) is 2.58. The summed E-state index contributed by atoms with van der Waals surface area (Å²) in [6.45, 7) is 2.67. The van der Waals surface area contributed by atoms with Crippen LogP contribution in [0.1, 0.15) is 71.1 Å². The maximum atomic E-state index is 10.9. The van der Waals surface area contributed by atoms with E-state index in [2.05, 4.69) is 6.92 Å². The second kappa shape index (κ2) is 11.7. The summed E-state index contributed by atoms with van der Waals surface area (Å²) in [4.78, 5) is 10.3. The number of rotatable bonds is 13. The van der Waals surface area contributed by atoms with E-state index in [4.69, 9.17) is 4.74 Å². The van der Waals surface area contributed by atoms with Gasteiger partial charge in [-0.2, -0.15) is 0 Å². The third-order valence-electron chi connectivity index (χ3n) is 3.92. The first kappa shape index (κ1) is 19.3. The minimum Gasteiger partial charge on any atom is -0.502 e. The molecule has 23 heavy (non-hydrogen) atoms. The van der Waals surface area contributed by atoms with E-state index < -0.39 is 4.92 Å². The van der Waals surface area contributed by atoms with Crippen molar-refractivity contribution in [2.45, 2.75) is 71.1 Å². The largest absolute Gasteiger partial charge is 0.502 e. The summed E-state index contributed by atoms with van der Waals surface area (Å²) in [7, 11) is 0. The van der Waals surface area contributed by atoms with Crippen LogP contribution in [0.4, 0.5) is 5.69 Å². The molecule has 0 radical (unpaired) electrons. The Morgan fingerprint density at radius 1 is 1.00 bits per heavy atom. The highest BCUT2D eigenvalue weighted by atomic mass is 16.6. The van der Waals surface area contributed by atoms with E-state index in [1.165, 1.54) is 63.5 Å². The molecule has 1 N–H and O–H groups in total. The Hall–Kier alpha value is -1.78. The van der Waals surface area contributed by atoms with Crippen molar-refractivity contribution in [2.75, 3.05) is 6.61 Å². The number of hydrogen-bond acceptors (Lipinski definition) is 4. The third-order valence-corrected chi connectivity index (χ3v) is 3.92. The number of nitrogens with zero attached hydrogens (tertiary/aromatic N) is 1. The summed E-state index contributed by atoms with van der Waals surface area (Å²) in [5.41, 5.74) is -0.348. The van der Waals surface area contributed by atoms with Crippen molar-refractivity contribution in [2.24, 2.45) is 0 Å². The predicted octanol–water partition coefficient (Wildman–Crippen LogP) is 5.60. The number of aromatic hydroxyl groups is 1. The number of para-hydroxylation sites is 1. The van der Waals surface area contributed by atoms with Gasteiger partial charge in [-0.3, -0.25) is 10.1 Å². The van der Waals surface area contributed by atoms with Gasteiger partial charge in [-0.25, -0.2) is 0 Å². The van der Waals surface area contributed by atoms with Crippen molar-refractivity contribution in [3.63, 3.8) is 0 Å². The molecule has 0 spiro atoms. The molecule has 0 unspecified atom stereocenters. The number of benzene rings is 1. The lowest BCUT2D eigenvalue weighted by Gasteiger charge is -2.07. The summed E-state index contributed by atoms with van der Waals surface area (Å²) < 4.78 is 5.45. The molecule has 0 aliphatic rings. The van der Waals surface area contributed by atoms with Crippen LogP contribution in [0.5, 0.6) is 11.5 Å². The molecule has 0 heterocycles. The molecule has 0 fully saturated rings. The van der Waals surface area contributed by atoms with Gasteiger partial charge in [0.05, 0.1) is 11.5 Å². The average Bonchev–Trinajstić information content (AvgIpc) is 2.52. The van der Waals surface area contributed by atoms with Crippen molar-refractivity contribution in [1.82, 2.24) is 0 Å². The van der Waals surface area contributed by atoms with E-state index in [1.54, 1.807) is 6.07 Å². The second-order valence-corrected chi connectivity index (χ2v) is 5.91. The summed E-state index contributed by atoms with van der Waals surface area (Å²) in [5, 5.41) is 20.4. The van der Waals surface area contributed by atoms with Crippen LogP contribution in [0.25, 0.3) is 0 Å². The molecule has 0 bridgehead atoms. The zero-order valence-electron chi connectivity index (χ0n) is 14.1. The number of unbranched alkanes of at least 4 members (excludes halogenated alkanes) is 9. The van der Waals surface area contributed by atoms with Crippen LogP contribution in [0, 0.1) is 10.1 Å². The molecule has 0 atom stereocenters. The van der Waals surface area contributed by atoms with Gasteiger partial charge in [0.15, 0.2) is 5.75 Å². The first-order valence-electron chi connectivity index (χ1n) is 8.76. The lowest BCUT2D eigenvalue weighted by Crippen LogP contribution is -2.00. The number of hydrogen-bond donors (Lipinski definition) is 1. The van der Waals surface area contributed by atoms with Crippen molar-refractivity contribution in [3.05, 3.63) is 28.3 Å². The van der Waals surface area contributed by atoms with Crippen LogP contribution < -0.4 is 4.74 Å². The molecule has 0 amide bonds. The van der Waals surface area contributed by atoms with Gasteiger partial charge < -0.3 is 9.84 Å². The van der Waals surface area contributed by atoms with Gasteiger partial charge >= 0.3 is 5.69 Å². The number of ether oxygens (including phenoxy) is 1. The summed E-state index contributed by atoms with van der Waals surface area (Å²) >= 11 is 0. The van der Waals surface area contributed by atoms with Crippen LogP contribution in [-0.4, -0.2) is 16.6 Å². The molecule has 1 rings (SSSR count). The third kappa shape index (κ3) is 7.86. The van der Waals surface area contributed by atoms with Gasteiger partial charge in [-0.1, -0.05) is 70.8 Å². The second-order valence-electron chi connectivity index (χ2n) is 5.91. The van der Waals surface area contributed by atoms with E-state index >= 15 is 0 Å². The van der Waals surface area contributed by atoms with E-state index in [9.17, 15) is 15.2 Å². The zero-order valence-corrected chi connectivity index (χ0v) is 14.1. The molecule has 1 aromatic carbocycles. The van der Waals surface area contributed by atoms with Crippen LogP contribution >= 0.6 is 0 Å². The average molecular weight is 323 g/mol. The van der Waals surface area contributed by atoms with Gasteiger partial charge in [-0.05, 0) is 18.6 Å². The monoisotopic (exact) mass is 323 g/mol. The standard InChI is InChI=1S/C18H29NO4/c1-2-3-4-5-6-7-8-9-10-11-15-23-17-14-12-13-16(20)18(17)19(21)22/h12-14,20H,2-11,15H2,1H3. The molecule has 1 aromatic rings. The molecule has 0 aliphatic heterocycles. The first-order valence-corrected chi connectivity index (χ1v) is 8.76. The highest BCUT2D eigenvalue weighted by Crippen LogP contribution is 2.35. The van der Waals surface area contributed by atoms with E-state index in [-0.39, 0.29) is 17.2 Å². The molecular formula is C18H29NO4. The molecule has 130 valence electrons. The van der Waals surface area contributed by atoms with Gasteiger partial charge in [-0.15, -0.1) is 0 Å². The van der Waals surface area contributed by atoms with E-state index in [1.807, 2.05) is 0 Å². The maximum Gasteiger partial charge on any atom is 0.352 e. The Morgan fingerprint density at radius 2 is 1.57 bits per heavy atom. The lowest BCUT2D eigenvalue weighted by atomic mass is 10.1. The topological polar surface area (TPSA) is 72.6 Å². The van der Waals surface area contributed by atoms with Gasteiger partial charge in [0.25, 0.3) is 0 Å². The first-order chi connectivity index (χ1) is 11.2. The Labute approximate surface area is 138 Å². The molecule has 0 aliphatic carbocycles. The van der Waals surface area contributed by atoms with Crippen molar-refractivity contribution >= 4 is 5.69 Å².